The van der Waals surface area contributed by atoms with Crippen LogP contribution in [0.5, 0.6) is 0 Å². The number of ether oxygens (including phenoxy) is 1. The third-order valence-electron chi connectivity index (χ3n) is 4.85. The van der Waals surface area contributed by atoms with E-state index in [1.54, 1.807) is 6.92 Å². The number of amides is 3. The van der Waals surface area contributed by atoms with Crippen molar-refractivity contribution in [1.82, 2.24) is 15.5 Å². The molecule has 132 valence electrons. The number of hydrogen-bond donors (Lipinski definition) is 2. The maximum atomic E-state index is 12.3. The molecule has 0 aromatic heterocycles. The lowest BCUT2D eigenvalue weighted by molar-refractivity contribution is -0.132. The van der Waals surface area contributed by atoms with E-state index in [-0.39, 0.29) is 18.0 Å². The van der Waals surface area contributed by atoms with E-state index < -0.39 is 6.10 Å². The van der Waals surface area contributed by atoms with Gasteiger partial charge in [0.25, 0.3) is 0 Å². The van der Waals surface area contributed by atoms with Crippen molar-refractivity contribution >= 4 is 11.9 Å². The Labute approximate surface area is 139 Å². The zero-order valence-corrected chi connectivity index (χ0v) is 14.5. The number of carbonyl (C=O) groups excluding carboxylic acids is 2. The van der Waals surface area contributed by atoms with Crippen molar-refractivity contribution in [2.24, 2.45) is 0 Å². The number of carbonyl (C=O) groups is 2. The number of rotatable bonds is 5. The molecule has 2 N–H and O–H groups in total. The first-order valence-corrected chi connectivity index (χ1v) is 9.07. The number of nitrogens with zero attached hydrogens (tertiary/aromatic N) is 1. The van der Waals surface area contributed by atoms with E-state index in [2.05, 4.69) is 10.6 Å². The lowest BCUT2D eigenvalue weighted by atomic mass is 9.95. The molecule has 6 nitrogen and oxygen atoms in total. The number of nitrogens with one attached hydrogen (secondary N) is 2. The molecule has 1 atom stereocenters. The minimum absolute atomic E-state index is 0.0584. The average molecular weight is 325 g/mol. The molecule has 0 bridgehead atoms. The van der Waals surface area contributed by atoms with Crippen LogP contribution in [0.15, 0.2) is 0 Å². The van der Waals surface area contributed by atoms with Crippen LogP contribution in [0.3, 0.4) is 0 Å². The maximum Gasteiger partial charge on any atom is 0.317 e. The van der Waals surface area contributed by atoms with Gasteiger partial charge in [0.1, 0.15) is 6.10 Å². The average Bonchev–Trinajstić information content (AvgIpc) is 2.56. The minimum atomic E-state index is -0.410. The fourth-order valence-corrected chi connectivity index (χ4v) is 3.38. The number of likely N-dealkylation sites (tertiary alicyclic amines) is 1. The third-order valence-corrected chi connectivity index (χ3v) is 4.85. The standard InChI is InChI=1S/C17H31N3O3/c1-3-23-13(2)16(21)18-15-9-11-20(12-10-15)17(22)19-14-7-5-4-6-8-14/h13-15H,3-12H2,1-2H3,(H,18,21)(H,19,22)/t13-/m0/s1. The van der Waals surface area contributed by atoms with E-state index in [0.29, 0.717) is 25.7 Å². The molecule has 2 fully saturated rings. The molecule has 1 aliphatic carbocycles. The Hall–Kier alpha value is -1.30. The monoisotopic (exact) mass is 325 g/mol. The maximum absolute atomic E-state index is 12.3. The molecule has 0 spiro atoms. The summed E-state index contributed by atoms with van der Waals surface area (Å²) >= 11 is 0. The number of piperidine rings is 1. The second kappa shape index (κ2) is 9.11. The van der Waals surface area contributed by atoms with Crippen molar-refractivity contribution in [3.05, 3.63) is 0 Å². The molecule has 0 unspecified atom stereocenters. The van der Waals surface area contributed by atoms with Gasteiger partial charge in [0.15, 0.2) is 0 Å². The van der Waals surface area contributed by atoms with Gasteiger partial charge in [-0.3, -0.25) is 4.79 Å². The topological polar surface area (TPSA) is 70.7 Å². The minimum Gasteiger partial charge on any atom is -0.369 e. The van der Waals surface area contributed by atoms with Crippen molar-refractivity contribution in [3.8, 4) is 0 Å². The molecule has 0 aromatic rings. The molecule has 1 saturated carbocycles. The summed E-state index contributed by atoms with van der Waals surface area (Å²) < 4.78 is 5.30. The molecule has 1 saturated heterocycles. The molecule has 2 aliphatic rings. The zero-order chi connectivity index (χ0) is 16.7. The van der Waals surface area contributed by atoms with Crippen LogP contribution in [0.1, 0.15) is 58.8 Å². The molecular weight excluding hydrogens is 294 g/mol. The molecule has 2 rings (SSSR count). The van der Waals surface area contributed by atoms with Gasteiger partial charge in [-0.05, 0) is 39.5 Å². The first-order chi connectivity index (χ1) is 11.1. The van der Waals surface area contributed by atoms with Crippen molar-refractivity contribution < 1.29 is 14.3 Å². The van der Waals surface area contributed by atoms with Crippen LogP contribution in [0, 0.1) is 0 Å². The van der Waals surface area contributed by atoms with Crippen molar-refractivity contribution in [2.75, 3.05) is 19.7 Å². The molecule has 1 aliphatic heterocycles. The Morgan fingerprint density at radius 3 is 2.26 bits per heavy atom. The molecular formula is C17H31N3O3. The highest BCUT2D eigenvalue weighted by Gasteiger charge is 2.26. The summed E-state index contributed by atoms with van der Waals surface area (Å²) in [7, 11) is 0. The first kappa shape index (κ1) is 18.0. The molecule has 3 amide bonds. The van der Waals surface area contributed by atoms with Gasteiger partial charge in [-0.25, -0.2) is 4.79 Å². The highest BCUT2D eigenvalue weighted by molar-refractivity contribution is 5.80. The van der Waals surface area contributed by atoms with Gasteiger partial charge in [0.2, 0.25) is 5.91 Å². The second-order valence-corrected chi connectivity index (χ2v) is 6.65. The van der Waals surface area contributed by atoms with Gasteiger partial charge in [-0.1, -0.05) is 19.3 Å². The Kier molecular flexibility index (Phi) is 7.15. The summed E-state index contributed by atoms with van der Waals surface area (Å²) in [6, 6.07) is 0.550. The summed E-state index contributed by atoms with van der Waals surface area (Å²) in [5.41, 5.74) is 0. The Balaban J connectivity index is 1.68. The lowest BCUT2D eigenvalue weighted by Crippen LogP contribution is -2.52. The van der Waals surface area contributed by atoms with Gasteiger partial charge in [-0.2, -0.15) is 0 Å². The van der Waals surface area contributed by atoms with E-state index in [1.807, 2.05) is 11.8 Å². The third kappa shape index (κ3) is 5.68. The summed E-state index contributed by atoms with van der Waals surface area (Å²) in [6.07, 6.45) is 7.14. The van der Waals surface area contributed by atoms with Crippen LogP contribution >= 0.6 is 0 Å². The summed E-state index contributed by atoms with van der Waals surface area (Å²) in [5.74, 6) is -0.0584. The van der Waals surface area contributed by atoms with Gasteiger partial charge >= 0.3 is 6.03 Å². The molecule has 23 heavy (non-hydrogen) atoms. The van der Waals surface area contributed by atoms with Crippen molar-refractivity contribution in [3.63, 3.8) is 0 Å². The van der Waals surface area contributed by atoms with E-state index in [0.717, 1.165) is 25.7 Å². The van der Waals surface area contributed by atoms with Crippen LogP contribution in [0.4, 0.5) is 4.79 Å². The second-order valence-electron chi connectivity index (χ2n) is 6.65. The Bertz CT molecular complexity index is 389. The van der Waals surface area contributed by atoms with Gasteiger partial charge in [-0.15, -0.1) is 0 Å². The fraction of sp³-hybridized carbons (Fsp3) is 0.882. The van der Waals surface area contributed by atoms with Crippen molar-refractivity contribution in [1.29, 1.82) is 0 Å². The number of urea groups is 1. The highest BCUT2D eigenvalue weighted by Crippen LogP contribution is 2.18. The van der Waals surface area contributed by atoms with Crippen LogP contribution in [-0.4, -0.2) is 54.7 Å². The molecule has 0 aromatic carbocycles. The van der Waals surface area contributed by atoms with Gasteiger partial charge in [0, 0.05) is 31.8 Å². The summed E-state index contributed by atoms with van der Waals surface area (Å²) in [6.45, 7) is 5.59. The lowest BCUT2D eigenvalue weighted by Gasteiger charge is -2.34. The van der Waals surface area contributed by atoms with Crippen molar-refractivity contribution in [2.45, 2.75) is 77.0 Å². The molecule has 1 heterocycles. The normalized spacial score (nSPS) is 21.7. The SMILES string of the molecule is CCO[C@@H](C)C(=O)NC1CCN(C(=O)NC2CCCCC2)CC1. The van der Waals surface area contributed by atoms with E-state index >= 15 is 0 Å². The highest BCUT2D eigenvalue weighted by atomic mass is 16.5. The predicted molar refractivity (Wildman–Crippen MR) is 89.2 cm³/mol. The summed E-state index contributed by atoms with van der Waals surface area (Å²) in [4.78, 5) is 26.1. The smallest absolute Gasteiger partial charge is 0.317 e. The van der Waals surface area contributed by atoms with E-state index in [9.17, 15) is 9.59 Å². The zero-order valence-electron chi connectivity index (χ0n) is 14.5. The Morgan fingerprint density at radius 2 is 1.65 bits per heavy atom. The first-order valence-electron chi connectivity index (χ1n) is 9.07. The van der Waals surface area contributed by atoms with E-state index in [4.69, 9.17) is 4.74 Å². The van der Waals surface area contributed by atoms with Crippen LogP contribution in [0.2, 0.25) is 0 Å². The Morgan fingerprint density at radius 1 is 1.04 bits per heavy atom. The molecule has 6 heteroatoms. The fourth-order valence-electron chi connectivity index (χ4n) is 3.38. The summed E-state index contributed by atoms with van der Waals surface area (Å²) in [5, 5.41) is 6.18. The van der Waals surface area contributed by atoms with Gasteiger partial charge in [0.05, 0.1) is 0 Å². The van der Waals surface area contributed by atoms with Crippen LogP contribution in [0.25, 0.3) is 0 Å². The molecule has 0 radical (unpaired) electrons. The van der Waals surface area contributed by atoms with Gasteiger partial charge < -0.3 is 20.3 Å². The van der Waals surface area contributed by atoms with Crippen LogP contribution in [-0.2, 0) is 9.53 Å². The number of hydrogen-bond acceptors (Lipinski definition) is 3. The van der Waals surface area contributed by atoms with E-state index in [1.165, 1.54) is 19.3 Å². The van der Waals surface area contributed by atoms with Crippen LogP contribution < -0.4 is 10.6 Å². The quantitative estimate of drug-likeness (QED) is 0.812. The predicted octanol–water partition coefficient (Wildman–Crippen LogP) is 2.03. The largest absolute Gasteiger partial charge is 0.369 e.